The molecule has 3 heteroatoms. The first-order chi connectivity index (χ1) is 4.41. The van der Waals surface area contributed by atoms with Crippen LogP contribution in [0.1, 0.15) is 32.1 Å². The second-order valence-electron chi connectivity index (χ2n) is 2.18. The van der Waals surface area contributed by atoms with Crippen molar-refractivity contribution < 1.29 is 18.3 Å². The molecule has 0 N–H and O–H groups in total. The third-order valence-corrected chi connectivity index (χ3v) is 2.34. The van der Waals surface area contributed by atoms with E-state index >= 15 is 0 Å². The molecule has 1 nitrogen and oxygen atoms in total. The minimum absolute atomic E-state index is 0. The summed E-state index contributed by atoms with van der Waals surface area (Å²) in [4.78, 5) is 0. The van der Waals surface area contributed by atoms with Crippen molar-refractivity contribution >= 4 is 17.0 Å². The number of halogens is 1. The van der Waals surface area contributed by atoms with Crippen LogP contribution in [0.2, 0.25) is 5.02 Å². The van der Waals surface area contributed by atoms with E-state index < -0.39 is 0 Å². The Bertz CT molecular complexity index is 90.1. The maximum absolute atomic E-state index is 8.18. The Balaban J connectivity index is 0. The molecule has 0 fully saturated rings. The molecule has 0 aromatic rings. The van der Waals surface area contributed by atoms with Crippen molar-refractivity contribution in [1.82, 2.24) is 0 Å². The predicted octanol–water partition coefficient (Wildman–Crippen LogP) is 3.00. The van der Waals surface area contributed by atoms with Gasteiger partial charge in [0, 0.05) is 0 Å². The second kappa shape index (κ2) is 12.3. The Hall–Kier alpha value is 0.593. The molecule has 0 radical (unpaired) electrons. The van der Waals surface area contributed by atoms with E-state index in [2.05, 4.69) is 6.07 Å². The fourth-order valence-corrected chi connectivity index (χ4v) is 1.48. The van der Waals surface area contributed by atoms with Crippen LogP contribution in [0.5, 0.6) is 0 Å². The van der Waals surface area contributed by atoms with Crippen molar-refractivity contribution in [2.45, 2.75) is 37.1 Å². The molecule has 0 aliphatic rings. The van der Waals surface area contributed by atoms with Crippen molar-refractivity contribution in [2.75, 3.05) is 0 Å². The molecule has 0 saturated heterocycles. The van der Waals surface area contributed by atoms with Crippen molar-refractivity contribution in [3.63, 3.8) is 0 Å². The number of unbranched alkanes of at least 4 members (excludes halogenated alkanes) is 4. The van der Waals surface area contributed by atoms with E-state index in [-0.39, 0.29) is 17.0 Å². The van der Waals surface area contributed by atoms with E-state index in [1.54, 1.807) is 0 Å². The van der Waals surface area contributed by atoms with Crippen LogP contribution < -0.4 is 0 Å². The van der Waals surface area contributed by atoms with Gasteiger partial charge in [0.1, 0.15) is 0 Å². The normalized spacial score (nSPS) is 8.10. The first kappa shape index (κ1) is 13.2. The van der Waals surface area contributed by atoms with Crippen molar-refractivity contribution in [3.05, 3.63) is 0 Å². The van der Waals surface area contributed by atoms with Crippen LogP contribution in [0.3, 0.4) is 0 Å². The van der Waals surface area contributed by atoms with Gasteiger partial charge in [-0.15, -0.1) is 17.0 Å². The van der Waals surface area contributed by atoms with Gasteiger partial charge >= 0.3 is 66.8 Å². The van der Waals surface area contributed by atoms with Gasteiger partial charge in [0.05, 0.1) is 0 Å². The quantitative estimate of drug-likeness (QED) is 0.548. The molecule has 0 aromatic carbocycles. The zero-order valence-electron chi connectivity index (χ0n) is 6.31. The van der Waals surface area contributed by atoms with Gasteiger partial charge in [-0.2, -0.15) is 0 Å². The zero-order chi connectivity index (χ0) is 6.95. The molecule has 10 heavy (non-hydrogen) atoms. The second-order valence-corrected chi connectivity index (χ2v) is 3.66. The average molecular weight is 256 g/mol. The Morgan fingerprint density at radius 1 is 1.10 bits per heavy atom. The summed E-state index contributed by atoms with van der Waals surface area (Å²) >= 11 is 1.43. The van der Waals surface area contributed by atoms with Crippen LogP contribution in [-0.4, -0.2) is 0 Å². The van der Waals surface area contributed by atoms with Gasteiger partial charge in [0.25, 0.3) is 0 Å². The molecule has 0 saturated carbocycles. The van der Waals surface area contributed by atoms with E-state index in [9.17, 15) is 0 Å². The van der Waals surface area contributed by atoms with E-state index in [1.165, 1.54) is 42.6 Å². The number of nitrogens with zero attached hydrogens (tertiary/aromatic N) is 1. The molecule has 0 rings (SSSR count). The average Bonchev–Trinajstić information content (AvgIpc) is 1.89. The SMILES string of the molecule is Br.N#CCCCCC[CH2][Zn]. The maximum atomic E-state index is 8.18. The summed E-state index contributed by atoms with van der Waals surface area (Å²) in [6.45, 7) is 0. The third kappa shape index (κ3) is 11.4. The first-order valence-corrected chi connectivity index (χ1v) is 5.68. The monoisotopic (exact) mass is 254 g/mol. The molecule has 0 aliphatic carbocycles. The fourth-order valence-electron chi connectivity index (χ4n) is 0.734. The van der Waals surface area contributed by atoms with Gasteiger partial charge in [-0.1, -0.05) is 0 Å². The van der Waals surface area contributed by atoms with Crippen molar-refractivity contribution in [2.24, 2.45) is 0 Å². The van der Waals surface area contributed by atoms with Gasteiger partial charge < -0.3 is 0 Å². The molecular weight excluding hydrogens is 243 g/mol. The summed E-state index contributed by atoms with van der Waals surface area (Å²) in [5.74, 6) is 0. The summed E-state index contributed by atoms with van der Waals surface area (Å²) in [6, 6.07) is 2.15. The predicted molar refractivity (Wildman–Crippen MR) is 43.8 cm³/mol. The van der Waals surface area contributed by atoms with Crippen LogP contribution in [0.15, 0.2) is 0 Å². The summed E-state index contributed by atoms with van der Waals surface area (Å²) in [7, 11) is 0. The van der Waals surface area contributed by atoms with Crippen LogP contribution >= 0.6 is 17.0 Å². The van der Waals surface area contributed by atoms with Crippen LogP contribution in [0.4, 0.5) is 0 Å². The van der Waals surface area contributed by atoms with E-state index in [1.807, 2.05) is 0 Å². The number of rotatable bonds is 5. The Kier molecular flexibility index (Phi) is 16.2. The third-order valence-electron chi connectivity index (χ3n) is 1.29. The Morgan fingerprint density at radius 2 is 1.70 bits per heavy atom. The molecule has 0 aromatic heterocycles. The van der Waals surface area contributed by atoms with Gasteiger partial charge in [0.15, 0.2) is 0 Å². The topological polar surface area (TPSA) is 23.8 Å². The molecule has 0 atom stereocenters. The summed E-state index contributed by atoms with van der Waals surface area (Å²) in [5, 5.41) is 9.59. The summed E-state index contributed by atoms with van der Waals surface area (Å²) in [5.41, 5.74) is 0. The number of hydrogen-bond acceptors (Lipinski definition) is 1. The molecule has 0 amide bonds. The summed E-state index contributed by atoms with van der Waals surface area (Å²) in [6.07, 6.45) is 5.83. The molecule has 0 unspecified atom stereocenters. The van der Waals surface area contributed by atoms with E-state index in [0.717, 1.165) is 12.8 Å². The van der Waals surface area contributed by atoms with E-state index in [4.69, 9.17) is 5.26 Å². The molecule has 55 valence electrons. The molecular formula is C7H13BrNZn. The number of hydrogen-bond donors (Lipinski definition) is 0. The Labute approximate surface area is 83.6 Å². The Morgan fingerprint density at radius 3 is 2.20 bits per heavy atom. The van der Waals surface area contributed by atoms with Gasteiger partial charge in [-0.3, -0.25) is 0 Å². The minimum atomic E-state index is 0. The molecule has 0 heterocycles. The van der Waals surface area contributed by atoms with Crippen LogP contribution in [0.25, 0.3) is 0 Å². The van der Waals surface area contributed by atoms with Gasteiger partial charge in [-0.05, 0) is 0 Å². The molecule has 0 bridgehead atoms. The molecule has 0 aliphatic heterocycles. The van der Waals surface area contributed by atoms with Crippen molar-refractivity contribution in [3.8, 4) is 6.07 Å². The van der Waals surface area contributed by atoms with E-state index in [0.29, 0.717) is 0 Å². The zero-order valence-corrected chi connectivity index (χ0v) is 11.0. The fraction of sp³-hybridized carbons (Fsp3) is 0.857. The standard InChI is InChI=1S/C7H12N.BrH.Zn/c1-2-3-4-5-6-7-8;;/h1-6H2;1H;. The van der Waals surface area contributed by atoms with Crippen molar-refractivity contribution in [1.29, 1.82) is 5.26 Å². The first-order valence-electron chi connectivity index (χ1n) is 3.58. The number of nitriles is 1. The van der Waals surface area contributed by atoms with Gasteiger partial charge in [-0.25, -0.2) is 0 Å². The van der Waals surface area contributed by atoms with Gasteiger partial charge in [0.2, 0.25) is 0 Å². The van der Waals surface area contributed by atoms with Crippen LogP contribution in [-0.2, 0) is 18.3 Å². The summed E-state index contributed by atoms with van der Waals surface area (Å²) < 4.78 is 0. The van der Waals surface area contributed by atoms with Crippen LogP contribution in [0, 0.1) is 11.3 Å². The molecule has 0 spiro atoms.